The second kappa shape index (κ2) is 6.51. The zero-order chi connectivity index (χ0) is 19.4. The van der Waals surface area contributed by atoms with Gasteiger partial charge in [-0.25, -0.2) is 9.69 Å². The van der Waals surface area contributed by atoms with Gasteiger partial charge in [-0.2, -0.15) is 0 Å². The third kappa shape index (κ3) is 3.40. The third-order valence-electron chi connectivity index (χ3n) is 5.58. The summed E-state index contributed by atoms with van der Waals surface area (Å²) in [6, 6.07) is 3.92. The highest BCUT2D eigenvalue weighted by atomic mass is 35.5. The summed E-state index contributed by atoms with van der Waals surface area (Å²) in [6.07, 6.45) is 0.431. The van der Waals surface area contributed by atoms with E-state index in [4.69, 9.17) is 27.6 Å². The van der Waals surface area contributed by atoms with E-state index in [9.17, 15) is 9.59 Å². The summed E-state index contributed by atoms with van der Waals surface area (Å²) in [6.45, 7) is 11.3. The van der Waals surface area contributed by atoms with Gasteiger partial charge in [0.2, 0.25) is 0 Å². The number of halogens is 2. The normalized spacial score (nSPS) is 23.8. The molecule has 0 spiro atoms. The molecule has 2 fully saturated rings. The van der Waals surface area contributed by atoms with Crippen LogP contribution in [-0.4, -0.2) is 43.8 Å². The SMILES string of the molecule is CC(C)(C)[Si](C)(C)O[C@@H]1CC2C(=O)N(c3cc(Cl)cc(Cl)c3)C(=O)N2C1. The molecule has 0 radical (unpaired) electrons. The van der Waals surface area contributed by atoms with E-state index >= 15 is 0 Å². The van der Waals surface area contributed by atoms with Crippen LogP contribution in [0.3, 0.4) is 0 Å². The number of nitrogens with zero attached hydrogens (tertiary/aromatic N) is 2. The van der Waals surface area contributed by atoms with E-state index in [1.165, 1.54) is 4.90 Å². The summed E-state index contributed by atoms with van der Waals surface area (Å²) in [5.41, 5.74) is 0.411. The Balaban J connectivity index is 1.78. The van der Waals surface area contributed by atoms with Gasteiger partial charge in [0.25, 0.3) is 5.91 Å². The monoisotopic (exact) mass is 414 g/mol. The Morgan fingerprint density at radius 3 is 2.19 bits per heavy atom. The lowest BCUT2D eigenvalue weighted by molar-refractivity contribution is -0.119. The first-order chi connectivity index (χ1) is 11.9. The van der Waals surface area contributed by atoms with Crippen LogP contribution in [0.4, 0.5) is 10.5 Å². The fourth-order valence-corrected chi connectivity index (χ4v) is 5.07. The van der Waals surface area contributed by atoms with Crippen LogP contribution in [0, 0.1) is 0 Å². The number of imide groups is 1. The zero-order valence-electron chi connectivity index (χ0n) is 15.7. The molecule has 3 rings (SSSR count). The summed E-state index contributed by atoms with van der Waals surface area (Å²) < 4.78 is 6.41. The highest BCUT2D eigenvalue weighted by molar-refractivity contribution is 6.74. The largest absolute Gasteiger partial charge is 0.412 e. The molecule has 8 heteroatoms. The third-order valence-corrected chi connectivity index (χ3v) is 10.5. The highest BCUT2D eigenvalue weighted by Gasteiger charge is 2.53. The molecule has 1 unspecified atom stereocenters. The predicted octanol–water partition coefficient (Wildman–Crippen LogP) is 4.92. The standard InChI is InChI=1S/C18H24Cl2N2O3Si/c1-18(2,3)26(4,5)25-14-9-15-16(23)22(17(24)21(15)10-14)13-7-11(19)6-12(20)8-13/h6-8,14-15H,9-10H2,1-5H3/t14-,15?/m1/s1. The first kappa shape index (κ1) is 19.7. The molecular weight excluding hydrogens is 391 g/mol. The molecule has 26 heavy (non-hydrogen) atoms. The Bertz CT molecular complexity index is 719. The van der Waals surface area contributed by atoms with E-state index < -0.39 is 14.4 Å². The minimum Gasteiger partial charge on any atom is -0.412 e. The van der Waals surface area contributed by atoms with Crippen molar-refractivity contribution >= 4 is 49.1 Å². The average molecular weight is 415 g/mol. The lowest BCUT2D eigenvalue weighted by Crippen LogP contribution is -2.45. The zero-order valence-corrected chi connectivity index (χ0v) is 18.2. The summed E-state index contributed by atoms with van der Waals surface area (Å²) in [5, 5.41) is 0.857. The highest BCUT2D eigenvalue weighted by Crippen LogP contribution is 2.40. The number of hydrogen-bond donors (Lipinski definition) is 0. The Kier molecular flexibility index (Phi) is 4.93. The first-order valence-electron chi connectivity index (χ1n) is 8.69. The van der Waals surface area contributed by atoms with Crippen molar-refractivity contribution in [1.82, 2.24) is 4.90 Å². The number of carbonyl (C=O) groups excluding carboxylic acids is 2. The van der Waals surface area contributed by atoms with Gasteiger partial charge in [-0.3, -0.25) is 4.79 Å². The average Bonchev–Trinajstić information content (AvgIpc) is 2.96. The van der Waals surface area contributed by atoms with E-state index in [0.29, 0.717) is 28.7 Å². The summed E-state index contributed by atoms with van der Waals surface area (Å²) in [7, 11) is -1.96. The van der Waals surface area contributed by atoms with Crippen molar-refractivity contribution in [2.24, 2.45) is 0 Å². The van der Waals surface area contributed by atoms with Gasteiger partial charge in [-0.15, -0.1) is 0 Å². The summed E-state index contributed by atoms with van der Waals surface area (Å²) in [4.78, 5) is 28.5. The van der Waals surface area contributed by atoms with Gasteiger partial charge in [-0.05, 0) is 36.3 Å². The van der Waals surface area contributed by atoms with Gasteiger partial charge in [0, 0.05) is 23.0 Å². The molecule has 0 N–H and O–H groups in total. The van der Waals surface area contributed by atoms with Crippen LogP contribution in [-0.2, 0) is 9.22 Å². The molecule has 1 aromatic rings. The van der Waals surface area contributed by atoms with Crippen molar-refractivity contribution in [3.8, 4) is 0 Å². The fourth-order valence-electron chi connectivity index (χ4n) is 3.20. The number of hydrogen-bond acceptors (Lipinski definition) is 3. The van der Waals surface area contributed by atoms with Gasteiger partial charge in [0.1, 0.15) is 6.04 Å². The molecule has 0 saturated carbocycles. The van der Waals surface area contributed by atoms with E-state index in [1.54, 1.807) is 23.1 Å². The number of anilines is 1. The molecular formula is C18H24Cl2N2O3Si. The van der Waals surface area contributed by atoms with Gasteiger partial charge >= 0.3 is 6.03 Å². The molecule has 2 saturated heterocycles. The number of fused-ring (bicyclic) bond motifs is 1. The lowest BCUT2D eigenvalue weighted by Gasteiger charge is -2.38. The van der Waals surface area contributed by atoms with E-state index in [2.05, 4.69) is 33.9 Å². The number of amides is 3. The van der Waals surface area contributed by atoms with Gasteiger partial charge in [0.05, 0.1) is 11.8 Å². The molecule has 0 bridgehead atoms. The fraction of sp³-hybridized carbons (Fsp3) is 0.556. The quantitative estimate of drug-likeness (QED) is 0.520. The van der Waals surface area contributed by atoms with Gasteiger partial charge in [-0.1, -0.05) is 44.0 Å². The van der Waals surface area contributed by atoms with E-state index in [0.717, 1.165) is 0 Å². The van der Waals surface area contributed by atoms with Crippen LogP contribution in [0.5, 0.6) is 0 Å². The molecule has 2 aliphatic heterocycles. The Labute approximate surface area is 165 Å². The van der Waals surface area contributed by atoms with Crippen LogP contribution < -0.4 is 4.90 Å². The molecule has 3 amide bonds. The van der Waals surface area contributed by atoms with Crippen molar-refractivity contribution in [2.45, 2.75) is 57.5 Å². The van der Waals surface area contributed by atoms with Crippen LogP contribution in [0.15, 0.2) is 18.2 Å². The molecule has 0 aliphatic carbocycles. The van der Waals surface area contributed by atoms with Gasteiger partial charge in [0.15, 0.2) is 8.32 Å². The smallest absolute Gasteiger partial charge is 0.332 e. The second-order valence-corrected chi connectivity index (χ2v) is 14.1. The number of benzene rings is 1. The predicted molar refractivity (Wildman–Crippen MR) is 107 cm³/mol. The van der Waals surface area contributed by atoms with Crippen LogP contribution >= 0.6 is 23.2 Å². The summed E-state index contributed by atoms with van der Waals surface area (Å²) in [5.74, 6) is -0.241. The topological polar surface area (TPSA) is 49.9 Å². The van der Waals surface area contributed by atoms with Crippen LogP contribution in [0.25, 0.3) is 0 Å². The van der Waals surface area contributed by atoms with Crippen LogP contribution in [0.1, 0.15) is 27.2 Å². The number of carbonyl (C=O) groups is 2. The van der Waals surface area contributed by atoms with Crippen molar-refractivity contribution in [1.29, 1.82) is 0 Å². The number of rotatable bonds is 3. The maximum absolute atomic E-state index is 12.9. The molecule has 142 valence electrons. The second-order valence-electron chi connectivity index (χ2n) is 8.49. The minimum atomic E-state index is -1.96. The van der Waals surface area contributed by atoms with E-state index in [1.807, 2.05) is 0 Å². The minimum absolute atomic E-state index is 0.0810. The number of urea groups is 1. The first-order valence-corrected chi connectivity index (χ1v) is 12.4. The Hall–Kier alpha value is -1.08. The lowest BCUT2D eigenvalue weighted by atomic mass is 10.2. The molecule has 2 heterocycles. The van der Waals surface area contributed by atoms with Crippen molar-refractivity contribution in [2.75, 3.05) is 11.4 Å². The van der Waals surface area contributed by atoms with E-state index in [-0.39, 0.29) is 23.1 Å². The summed E-state index contributed by atoms with van der Waals surface area (Å²) >= 11 is 12.0. The molecule has 1 aromatic carbocycles. The van der Waals surface area contributed by atoms with Gasteiger partial charge < -0.3 is 9.33 Å². The Morgan fingerprint density at radius 1 is 1.12 bits per heavy atom. The maximum Gasteiger partial charge on any atom is 0.332 e. The molecule has 2 aliphatic rings. The maximum atomic E-state index is 12.9. The van der Waals surface area contributed by atoms with Crippen molar-refractivity contribution < 1.29 is 14.0 Å². The van der Waals surface area contributed by atoms with Crippen molar-refractivity contribution in [3.63, 3.8) is 0 Å². The van der Waals surface area contributed by atoms with Crippen molar-refractivity contribution in [3.05, 3.63) is 28.2 Å². The molecule has 2 atom stereocenters. The Morgan fingerprint density at radius 2 is 1.69 bits per heavy atom. The molecule has 5 nitrogen and oxygen atoms in total. The van der Waals surface area contributed by atoms with Crippen LogP contribution in [0.2, 0.25) is 28.2 Å². The molecule has 0 aromatic heterocycles.